The van der Waals surface area contributed by atoms with E-state index in [2.05, 4.69) is 60.5 Å². The van der Waals surface area contributed by atoms with Gasteiger partial charge in [-0.05, 0) is 54.7 Å². The Kier molecular flexibility index (Phi) is 12.7. The van der Waals surface area contributed by atoms with Crippen LogP contribution in [0, 0.1) is 0 Å². The SMILES string of the molecule is C/C=C/C=C1/N(CCC(=O)NCCCO[C@@H]2[C@@H](O)[C@@H]3OC4O[C@H](CO)[C@@H](OCCC[C@H]2O[C@@H]3CO)[C@H](O)[C@H]4O)c2ccc3ccccc3c2C1(C)C. The fraction of sp³-hybridized carbons (Fsp3) is 0.615. The van der Waals surface area contributed by atoms with Gasteiger partial charge in [0.2, 0.25) is 5.91 Å². The Morgan fingerprint density at radius 2 is 1.77 bits per heavy atom. The molecule has 0 radical (unpaired) electrons. The van der Waals surface area contributed by atoms with Crippen LogP contribution >= 0.6 is 0 Å². The van der Waals surface area contributed by atoms with Gasteiger partial charge in [-0.3, -0.25) is 4.79 Å². The molecule has 6 saturated heterocycles. The lowest BCUT2D eigenvalue weighted by molar-refractivity contribution is -0.344. The fourth-order valence-electron chi connectivity index (χ4n) is 8.07. The Hall–Kier alpha value is -2.95. The van der Waals surface area contributed by atoms with Gasteiger partial charge < -0.3 is 59.4 Å². The largest absolute Gasteiger partial charge is 0.394 e. The highest BCUT2D eigenvalue weighted by Crippen LogP contribution is 2.50. The number of hydrogen-bond donors (Lipinski definition) is 6. The zero-order chi connectivity index (χ0) is 37.0. The van der Waals surface area contributed by atoms with E-state index < -0.39 is 74.4 Å². The van der Waals surface area contributed by atoms with Crippen molar-refractivity contribution in [1.82, 2.24) is 5.32 Å². The minimum atomic E-state index is -1.54. The molecule has 1 amide bonds. The van der Waals surface area contributed by atoms with Crippen LogP contribution in [0.25, 0.3) is 10.8 Å². The predicted molar refractivity (Wildman–Crippen MR) is 193 cm³/mol. The van der Waals surface area contributed by atoms with Crippen molar-refractivity contribution in [3.8, 4) is 0 Å². The van der Waals surface area contributed by atoms with E-state index in [0.717, 1.165) is 11.4 Å². The summed E-state index contributed by atoms with van der Waals surface area (Å²) in [6.07, 6.45) is -3.40. The van der Waals surface area contributed by atoms with Crippen LogP contribution in [0.15, 0.2) is 60.3 Å². The van der Waals surface area contributed by atoms with Crippen molar-refractivity contribution in [2.45, 2.75) is 113 Å². The number of benzene rings is 2. The maximum Gasteiger partial charge on any atom is 0.221 e. The molecule has 7 heterocycles. The van der Waals surface area contributed by atoms with Crippen LogP contribution < -0.4 is 10.2 Å². The third-order valence-electron chi connectivity index (χ3n) is 10.7. The van der Waals surface area contributed by atoms with E-state index in [1.807, 2.05) is 25.1 Å². The number of aliphatic hydroxyl groups excluding tert-OH is 5. The van der Waals surface area contributed by atoms with Crippen molar-refractivity contribution in [3.05, 3.63) is 65.9 Å². The summed E-state index contributed by atoms with van der Waals surface area (Å²) in [7, 11) is 0. The summed E-state index contributed by atoms with van der Waals surface area (Å²) in [5.41, 5.74) is 3.25. The topological polar surface area (TPSA) is 180 Å². The number of allylic oxidation sites excluding steroid dienone is 4. The number of nitrogens with zero attached hydrogens (tertiary/aromatic N) is 1. The summed E-state index contributed by atoms with van der Waals surface area (Å²) in [4.78, 5) is 15.4. The van der Waals surface area contributed by atoms with E-state index in [4.69, 9.17) is 23.7 Å². The first kappa shape index (κ1) is 38.8. The number of rotatable bonds is 11. The average Bonchev–Trinajstić information content (AvgIpc) is 3.38. The van der Waals surface area contributed by atoms with Gasteiger partial charge in [0, 0.05) is 49.5 Å². The minimum Gasteiger partial charge on any atom is -0.394 e. The van der Waals surface area contributed by atoms with Crippen molar-refractivity contribution in [2.75, 3.05) is 44.4 Å². The van der Waals surface area contributed by atoms with Gasteiger partial charge in [-0.25, -0.2) is 0 Å². The Labute approximate surface area is 304 Å². The van der Waals surface area contributed by atoms with Crippen LogP contribution in [0.1, 0.15) is 52.0 Å². The number of hydrogen-bond acceptors (Lipinski definition) is 12. The minimum absolute atomic E-state index is 0.0853. The highest BCUT2D eigenvalue weighted by molar-refractivity contribution is 5.95. The Morgan fingerprint density at radius 1 is 1.00 bits per heavy atom. The molecule has 1 unspecified atom stereocenters. The highest BCUT2D eigenvalue weighted by atomic mass is 16.7. The van der Waals surface area contributed by atoms with Crippen LogP contribution in [0.5, 0.6) is 0 Å². The molecule has 0 aliphatic carbocycles. The zero-order valence-corrected chi connectivity index (χ0v) is 30.2. The molecular formula is C39H54N2O11. The number of fused-ring (bicyclic) bond motifs is 3. The molecule has 4 bridgehead atoms. The van der Waals surface area contributed by atoms with Gasteiger partial charge >= 0.3 is 0 Å². The normalized spacial score (nSPS) is 34.0. The molecule has 0 spiro atoms. The summed E-state index contributed by atoms with van der Waals surface area (Å²) in [5, 5.41) is 58.3. The maximum absolute atomic E-state index is 13.1. The molecule has 13 nitrogen and oxygen atoms in total. The average molecular weight is 727 g/mol. The van der Waals surface area contributed by atoms with Crippen molar-refractivity contribution in [3.63, 3.8) is 0 Å². The molecule has 286 valence electrons. The Balaban J connectivity index is 1.05. The second-order valence-corrected chi connectivity index (χ2v) is 14.5. The fourth-order valence-corrected chi connectivity index (χ4v) is 8.07. The molecule has 52 heavy (non-hydrogen) atoms. The molecule has 0 aromatic heterocycles. The smallest absolute Gasteiger partial charge is 0.221 e. The summed E-state index contributed by atoms with van der Waals surface area (Å²) in [6, 6.07) is 12.7. The zero-order valence-electron chi connectivity index (χ0n) is 30.2. The van der Waals surface area contributed by atoms with Gasteiger partial charge in [0.25, 0.3) is 0 Å². The Morgan fingerprint density at radius 3 is 2.54 bits per heavy atom. The number of nitrogens with one attached hydrogen (secondary N) is 1. The van der Waals surface area contributed by atoms with E-state index in [0.29, 0.717) is 38.8 Å². The molecule has 2 aromatic rings. The van der Waals surface area contributed by atoms with Crippen LogP contribution in [-0.2, 0) is 33.9 Å². The molecule has 6 fully saturated rings. The number of carbonyl (C=O) groups excluding carboxylic acids is 1. The van der Waals surface area contributed by atoms with Crippen molar-refractivity contribution < 1.29 is 54.0 Å². The van der Waals surface area contributed by atoms with E-state index >= 15 is 0 Å². The van der Waals surface area contributed by atoms with Crippen LogP contribution in [0.2, 0.25) is 0 Å². The number of ether oxygens (including phenoxy) is 5. The maximum atomic E-state index is 13.1. The summed E-state index contributed by atoms with van der Waals surface area (Å²) in [5.74, 6) is -0.0853. The third kappa shape index (κ3) is 7.81. The molecule has 6 N–H and O–H groups in total. The van der Waals surface area contributed by atoms with Gasteiger partial charge in [-0.15, -0.1) is 0 Å². The number of anilines is 1. The molecular weight excluding hydrogens is 672 g/mol. The van der Waals surface area contributed by atoms with Crippen molar-refractivity contribution >= 4 is 22.4 Å². The summed E-state index contributed by atoms with van der Waals surface area (Å²) in [6.45, 7) is 6.72. The first-order chi connectivity index (χ1) is 25.1. The summed E-state index contributed by atoms with van der Waals surface area (Å²) >= 11 is 0. The van der Waals surface area contributed by atoms with Gasteiger partial charge in [-0.1, -0.05) is 56.3 Å². The lowest BCUT2D eigenvalue weighted by atomic mass is 9.81. The molecule has 7 aliphatic rings. The summed E-state index contributed by atoms with van der Waals surface area (Å²) < 4.78 is 29.8. The first-order valence-corrected chi connectivity index (χ1v) is 18.5. The lowest BCUT2D eigenvalue weighted by Crippen LogP contribution is -2.64. The molecule has 13 heteroatoms. The van der Waals surface area contributed by atoms with Crippen molar-refractivity contribution in [2.24, 2.45) is 0 Å². The van der Waals surface area contributed by atoms with Crippen LogP contribution in [-0.4, -0.2) is 132 Å². The number of amides is 1. The van der Waals surface area contributed by atoms with Gasteiger partial charge in [0.1, 0.15) is 48.8 Å². The number of aliphatic hydroxyl groups is 5. The molecule has 2 aromatic carbocycles. The second-order valence-electron chi connectivity index (χ2n) is 14.5. The molecule has 10 atom stereocenters. The first-order valence-electron chi connectivity index (χ1n) is 18.5. The molecule has 0 saturated carbocycles. The Bertz CT molecular complexity index is 1580. The van der Waals surface area contributed by atoms with Crippen LogP contribution in [0.4, 0.5) is 5.69 Å². The van der Waals surface area contributed by atoms with Gasteiger partial charge in [0.15, 0.2) is 6.29 Å². The van der Waals surface area contributed by atoms with Gasteiger partial charge in [-0.2, -0.15) is 0 Å². The second kappa shape index (κ2) is 17.0. The van der Waals surface area contributed by atoms with Crippen LogP contribution in [0.3, 0.4) is 0 Å². The quantitative estimate of drug-likeness (QED) is 0.185. The monoisotopic (exact) mass is 726 g/mol. The molecule has 7 aliphatic heterocycles. The lowest BCUT2D eigenvalue weighted by Gasteiger charge is -2.47. The van der Waals surface area contributed by atoms with Gasteiger partial charge in [0.05, 0.1) is 19.3 Å². The predicted octanol–water partition coefficient (Wildman–Crippen LogP) is 1.80. The number of carbonyl (C=O) groups is 1. The molecule has 9 rings (SSSR count). The van der Waals surface area contributed by atoms with E-state index in [-0.39, 0.29) is 24.5 Å². The standard InChI is InChI=1S/C39H54N2O11/c1-4-5-13-29-39(2,3)31-24-11-7-6-10-23(24)14-15-25(31)41(29)18-16-30(44)40-17-9-20-49-35-26-12-8-19-48-36-27(21-42)51-38(33(46)32(36)45)52-37(34(35)47)28(22-43)50-26/h4-7,10-11,13-15,26-28,32-38,42-43,45-47H,8-9,12,16-22H2,1-3H3,(H,40,44)/b5-4+,29-13+/t26-,27-,28-,32-,33-,34-,35+,36-,37-,38?/m1/s1. The van der Waals surface area contributed by atoms with E-state index in [1.54, 1.807) is 0 Å². The van der Waals surface area contributed by atoms with E-state index in [9.17, 15) is 30.3 Å². The third-order valence-corrected chi connectivity index (χ3v) is 10.7. The highest BCUT2D eigenvalue weighted by Gasteiger charge is 2.52. The van der Waals surface area contributed by atoms with E-state index in [1.165, 1.54) is 16.3 Å². The van der Waals surface area contributed by atoms with Crippen molar-refractivity contribution in [1.29, 1.82) is 0 Å².